The van der Waals surface area contributed by atoms with Crippen LogP contribution in [0.4, 0.5) is 27.8 Å². The molecule has 0 radical (unpaired) electrons. The lowest BCUT2D eigenvalue weighted by Crippen LogP contribution is -2.45. The number of thioether (sulfide) groups is 1. The summed E-state index contributed by atoms with van der Waals surface area (Å²) in [7, 11) is 1.44. The fourth-order valence-corrected chi connectivity index (χ4v) is 6.08. The fourth-order valence-electron chi connectivity index (χ4n) is 4.60. The van der Waals surface area contributed by atoms with Crippen LogP contribution in [0.1, 0.15) is 5.56 Å². The summed E-state index contributed by atoms with van der Waals surface area (Å²) in [5.41, 5.74) is -2.57. The van der Waals surface area contributed by atoms with Crippen LogP contribution < -0.4 is 15.9 Å². The quantitative estimate of drug-likeness (QED) is 0.384. The van der Waals surface area contributed by atoms with Crippen molar-refractivity contribution in [3.05, 3.63) is 50.9 Å². The molecule has 6 nitrogen and oxygen atoms in total. The number of nitrogens with zero attached hydrogens (tertiary/aromatic N) is 3. The molecule has 36 heavy (non-hydrogen) atoms. The molecule has 0 saturated carbocycles. The Morgan fingerprint density at radius 2 is 1.89 bits per heavy atom. The number of anilines is 1. The first-order valence-electron chi connectivity index (χ1n) is 11.0. The van der Waals surface area contributed by atoms with Gasteiger partial charge in [-0.1, -0.05) is 11.6 Å². The summed E-state index contributed by atoms with van der Waals surface area (Å²) in [5, 5.41) is 2.77. The second-order valence-electron chi connectivity index (χ2n) is 8.50. The van der Waals surface area contributed by atoms with E-state index < -0.39 is 51.3 Å². The summed E-state index contributed by atoms with van der Waals surface area (Å²) in [6.07, 6.45) is -5.42. The van der Waals surface area contributed by atoms with Crippen LogP contribution in [0.2, 0.25) is 5.02 Å². The van der Waals surface area contributed by atoms with E-state index in [-0.39, 0.29) is 33.9 Å². The number of halogens is 6. The minimum absolute atomic E-state index is 0.0387. The number of aromatic nitrogens is 2. The van der Waals surface area contributed by atoms with Gasteiger partial charge in [0.15, 0.2) is 0 Å². The second kappa shape index (κ2) is 9.47. The molecule has 0 spiro atoms. The molecule has 5 rings (SSSR count). The van der Waals surface area contributed by atoms with Crippen LogP contribution in [-0.2, 0) is 17.5 Å². The molecule has 3 heterocycles. The third-order valence-corrected chi connectivity index (χ3v) is 7.85. The number of hydrogen-bond donors (Lipinski definition) is 1. The summed E-state index contributed by atoms with van der Waals surface area (Å²) in [5.74, 6) is -1.95. The van der Waals surface area contributed by atoms with Crippen molar-refractivity contribution in [2.45, 2.75) is 23.7 Å². The molecule has 1 saturated heterocycles. The molecule has 1 aromatic heterocycles. The maximum atomic E-state index is 15.0. The van der Waals surface area contributed by atoms with Gasteiger partial charge in [-0.3, -0.25) is 4.57 Å². The zero-order valence-corrected chi connectivity index (χ0v) is 20.5. The SMILES string of the molecule is COC1CSc2c(-c3cc(Cl)c(F)cc3F)c(C(F)(F)F)cc3c(N4CCNCC4)nc(=O)n(c23)C1. The summed E-state index contributed by atoms with van der Waals surface area (Å²) in [6, 6.07) is 2.21. The van der Waals surface area contributed by atoms with E-state index in [0.29, 0.717) is 32.2 Å². The second-order valence-corrected chi connectivity index (χ2v) is 9.94. The topological polar surface area (TPSA) is 59.4 Å². The van der Waals surface area contributed by atoms with Crippen LogP contribution in [0, 0.1) is 11.6 Å². The van der Waals surface area contributed by atoms with E-state index in [1.807, 2.05) is 0 Å². The number of methoxy groups -OCH3 is 1. The first kappa shape index (κ1) is 25.2. The van der Waals surface area contributed by atoms with Crippen molar-refractivity contribution in [1.82, 2.24) is 14.9 Å². The Labute approximate surface area is 211 Å². The lowest BCUT2D eigenvalue weighted by atomic mass is 9.95. The summed E-state index contributed by atoms with van der Waals surface area (Å²) < 4.78 is 79.2. The minimum atomic E-state index is -4.90. The van der Waals surface area contributed by atoms with Gasteiger partial charge in [0.1, 0.15) is 17.5 Å². The number of benzene rings is 2. The van der Waals surface area contributed by atoms with Gasteiger partial charge in [0.25, 0.3) is 0 Å². The Bertz CT molecular complexity index is 1410. The first-order chi connectivity index (χ1) is 17.1. The molecule has 13 heteroatoms. The number of piperazine rings is 1. The van der Waals surface area contributed by atoms with Gasteiger partial charge in [-0.25, -0.2) is 13.6 Å². The number of alkyl halides is 3. The van der Waals surface area contributed by atoms with Crippen molar-refractivity contribution in [3.63, 3.8) is 0 Å². The average molecular weight is 547 g/mol. The lowest BCUT2D eigenvalue weighted by Gasteiger charge is -2.30. The van der Waals surface area contributed by atoms with Crippen LogP contribution in [0.3, 0.4) is 0 Å². The highest BCUT2D eigenvalue weighted by Gasteiger charge is 2.39. The van der Waals surface area contributed by atoms with Crippen LogP contribution in [0.25, 0.3) is 22.0 Å². The number of hydrogen-bond acceptors (Lipinski definition) is 6. The van der Waals surface area contributed by atoms with Gasteiger partial charge < -0.3 is 15.0 Å². The Morgan fingerprint density at radius 1 is 1.17 bits per heavy atom. The summed E-state index contributed by atoms with van der Waals surface area (Å²) in [6.45, 7) is 2.09. The molecular weight excluding hydrogens is 527 g/mol. The standard InChI is InChI=1S/C23H20ClF5N4O2S/c1-35-11-9-33-19-13(21(31-22(33)34)32-4-2-30-3-5-32)6-14(23(27,28)29)18(20(19)36-10-11)12-7-15(24)17(26)8-16(12)25/h6-8,11,30H,2-5,9-10H2,1H3. The maximum absolute atomic E-state index is 15.0. The van der Waals surface area contributed by atoms with Gasteiger partial charge in [-0.2, -0.15) is 18.2 Å². The van der Waals surface area contributed by atoms with Crippen LogP contribution in [0.15, 0.2) is 27.9 Å². The largest absolute Gasteiger partial charge is 0.417 e. The monoisotopic (exact) mass is 546 g/mol. The minimum Gasteiger partial charge on any atom is -0.379 e. The lowest BCUT2D eigenvalue weighted by molar-refractivity contribution is -0.137. The van der Waals surface area contributed by atoms with Crippen LogP contribution >= 0.6 is 23.4 Å². The summed E-state index contributed by atoms with van der Waals surface area (Å²) >= 11 is 6.89. The number of ether oxygens (including phenoxy) is 1. The number of rotatable bonds is 3. The fraction of sp³-hybridized carbons (Fsp3) is 0.391. The number of nitrogens with one attached hydrogen (secondary N) is 1. The molecule has 2 aliphatic heterocycles. The van der Waals surface area contributed by atoms with Crippen molar-refractivity contribution >= 4 is 40.1 Å². The third kappa shape index (κ3) is 4.33. The van der Waals surface area contributed by atoms with E-state index in [4.69, 9.17) is 16.3 Å². The molecule has 192 valence electrons. The predicted molar refractivity (Wildman–Crippen MR) is 128 cm³/mol. The van der Waals surface area contributed by atoms with Gasteiger partial charge >= 0.3 is 11.9 Å². The molecule has 1 N–H and O–H groups in total. The van der Waals surface area contributed by atoms with Crippen LogP contribution in [0.5, 0.6) is 0 Å². The molecule has 1 atom stereocenters. The molecule has 3 aromatic rings. The molecule has 2 aliphatic rings. The molecule has 1 unspecified atom stereocenters. The van der Waals surface area contributed by atoms with Gasteiger partial charge in [-0.05, 0) is 12.1 Å². The predicted octanol–water partition coefficient (Wildman–Crippen LogP) is 4.54. The Kier molecular flexibility index (Phi) is 6.64. The van der Waals surface area contributed by atoms with E-state index in [0.717, 1.165) is 23.9 Å². The molecule has 0 amide bonds. The zero-order valence-electron chi connectivity index (χ0n) is 18.9. The van der Waals surface area contributed by atoms with Gasteiger partial charge in [0.05, 0.1) is 28.8 Å². The van der Waals surface area contributed by atoms with E-state index >= 15 is 4.39 Å². The first-order valence-corrected chi connectivity index (χ1v) is 12.4. The maximum Gasteiger partial charge on any atom is 0.417 e. The smallest absolute Gasteiger partial charge is 0.379 e. The van der Waals surface area contributed by atoms with E-state index in [2.05, 4.69) is 10.3 Å². The van der Waals surface area contributed by atoms with E-state index in [1.165, 1.54) is 11.7 Å². The van der Waals surface area contributed by atoms with Crippen LogP contribution in [-0.4, -0.2) is 54.7 Å². The molecular formula is C23H20ClF5N4O2S. The molecule has 1 fully saturated rings. The van der Waals surface area contributed by atoms with Gasteiger partial charge in [0, 0.05) is 66.5 Å². The molecule has 0 bridgehead atoms. The van der Waals surface area contributed by atoms with E-state index in [9.17, 15) is 22.4 Å². The Hall–Kier alpha value is -2.41. The Morgan fingerprint density at radius 3 is 2.56 bits per heavy atom. The van der Waals surface area contributed by atoms with Gasteiger partial charge in [0.2, 0.25) is 0 Å². The normalized spacial score (nSPS) is 18.5. The van der Waals surface area contributed by atoms with E-state index in [1.54, 1.807) is 4.90 Å². The molecule has 2 aromatic carbocycles. The van der Waals surface area contributed by atoms with Crippen molar-refractivity contribution in [2.75, 3.05) is 43.9 Å². The van der Waals surface area contributed by atoms with Crippen molar-refractivity contribution in [3.8, 4) is 11.1 Å². The highest BCUT2D eigenvalue weighted by Crippen LogP contribution is 2.49. The summed E-state index contributed by atoms with van der Waals surface area (Å²) in [4.78, 5) is 19.2. The van der Waals surface area contributed by atoms with Crippen molar-refractivity contribution in [2.24, 2.45) is 0 Å². The zero-order chi connectivity index (χ0) is 25.8. The highest BCUT2D eigenvalue weighted by molar-refractivity contribution is 7.99. The Balaban J connectivity index is 1.94. The van der Waals surface area contributed by atoms with Gasteiger partial charge in [-0.15, -0.1) is 11.8 Å². The molecule has 0 aliphatic carbocycles. The van der Waals surface area contributed by atoms with Crippen molar-refractivity contribution < 1.29 is 26.7 Å². The van der Waals surface area contributed by atoms with Crippen molar-refractivity contribution in [1.29, 1.82) is 0 Å². The average Bonchev–Trinajstić information content (AvgIpc) is 3.04. The third-order valence-electron chi connectivity index (χ3n) is 6.33. The highest BCUT2D eigenvalue weighted by atomic mass is 35.5.